The van der Waals surface area contributed by atoms with E-state index in [0.717, 1.165) is 17.2 Å². The number of amides is 1. The fourth-order valence-corrected chi connectivity index (χ4v) is 2.47. The standard InChI is InChI=1S/C19H26N4O2/c1-15(13-19(25)23(3)16-7-5-4-6-8-16)21-18-10-9-17(14-20-18)22(2)11-12-24/h4-10,14-15,24H,11-13H2,1-3H3,(H,20,21). The van der Waals surface area contributed by atoms with Gasteiger partial charge in [0.15, 0.2) is 0 Å². The summed E-state index contributed by atoms with van der Waals surface area (Å²) in [7, 11) is 3.69. The lowest BCUT2D eigenvalue weighted by Gasteiger charge is -2.21. The molecule has 1 heterocycles. The zero-order valence-corrected chi connectivity index (χ0v) is 15.0. The molecule has 1 amide bonds. The second kappa shape index (κ2) is 9.03. The summed E-state index contributed by atoms with van der Waals surface area (Å²) in [6.45, 7) is 2.62. The molecule has 25 heavy (non-hydrogen) atoms. The Hall–Kier alpha value is -2.60. The van der Waals surface area contributed by atoms with Gasteiger partial charge in [0, 0.05) is 38.8 Å². The van der Waals surface area contributed by atoms with Gasteiger partial charge in [-0.2, -0.15) is 0 Å². The highest BCUT2D eigenvalue weighted by molar-refractivity contribution is 5.93. The van der Waals surface area contributed by atoms with E-state index in [4.69, 9.17) is 5.11 Å². The Morgan fingerprint density at radius 1 is 1.16 bits per heavy atom. The molecule has 1 unspecified atom stereocenters. The highest BCUT2D eigenvalue weighted by Gasteiger charge is 2.15. The minimum Gasteiger partial charge on any atom is -0.395 e. The summed E-state index contributed by atoms with van der Waals surface area (Å²) in [5.41, 5.74) is 1.82. The molecule has 2 N–H and O–H groups in total. The number of anilines is 3. The molecule has 0 aliphatic rings. The van der Waals surface area contributed by atoms with Crippen molar-refractivity contribution in [3.8, 4) is 0 Å². The van der Waals surface area contributed by atoms with Gasteiger partial charge in [0.05, 0.1) is 18.5 Å². The van der Waals surface area contributed by atoms with Crippen LogP contribution in [0.3, 0.4) is 0 Å². The number of aromatic nitrogens is 1. The maximum absolute atomic E-state index is 12.4. The largest absolute Gasteiger partial charge is 0.395 e. The van der Waals surface area contributed by atoms with Gasteiger partial charge in [-0.05, 0) is 31.2 Å². The van der Waals surface area contributed by atoms with Crippen LogP contribution in [0.1, 0.15) is 13.3 Å². The molecule has 6 heteroatoms. The highest BCUT2D eigenvalue weighted by atomic mass is 16.3. The number of hydrogen-bond donors (Lipinski definition) is 2. The van der Waals surface area contributed by atoms with Crippen LogP contribution < -0.4 is 15.1 Å². The van der Waals surface area contributed by atoms with Gasteiger partial charge in [-0.3, -0.25) is 4.79 Å². The number of nitrogens with zero attached hydrogens (tertiary/aromatic N) is 3. The quantitative estimate of drug-likeness (QED) is 0.771. The Labute approximate surface area is 149 Å². The van der Waals surface area contributed by atoms with Crippen LogP contribution >= 0.6 is 0 Å². The number of aliphatic hydroxyl groups excluding tert-OH is 1. The summed E-state index contributed by atoms with van der Waals surface area (Å²) in [6, 6.07) is 13.4. The van der Waals surface area contributed by atoms with E-state index >= 15 is 0 Å². The summed E-state index contributed by atoms with van der Waals surface area (Å²) >= 11 is 0. The van der Waals surface area contributed by atoms with Crippen LogP contribution in [0.5, 0.6) is 0 Å². The van der Waals surface area contributed by atoms with Crippen LogP contribution in [-0.2, 0) is 4.79 Å². The molecule has 0 saturated heterocycles. The van der Waals surface area contributed by atoms with E-state index in [2.05, 4.69) is 10.3 Å². The number of benzene rings is 1. The summed E-state index contributed by atoms with van der Waals surface area (Å²) in [6.07, 6.45) is 2.13. The molecule has 0 spiro atoms. The number of carbonyl (C=O) groups excluding carboxylic acids is 1. The van der Waals surface area contributed by atoms with Crippen LogP contribution in [0.4, 0.5) is 17.2 Å². The fourth-order valence-electron chi connectivity index (χ4n) is 2.47. The first kappa shape index (κ1) is 18.7. The van der Waals surface area contributed by atoms with Gasteiger partial charge in [0.2, 0.25) is 5.91 Å². The second-order valence-electron chi connectivity index (χ2n) is 6.08. The van der Waals surface area contributed by atoms with Crippen molar-refractivity contribution in [3.63, 3.8) is 0 Å². The van der Waals surface area contributed by atoms with Crippen molar-refractivity contribution in [2.24, 2.45) is 0 Å². The first-order valence-electron chi connectivity index (χ1n) is 8.37. The lowest BCUT2D eigenvalue weighted by Crippen LogP contribution is -2.31. The zero-order chi connectivity index (χ0) is 18.2. The molecule has 0 fully saturated rings. The molecule has 0 saturated carbocycles. The maximum atomic E-state index is 12.4. The Kier molecular flexibility index (Phi) is 6.77. The number of para-hydroxylation sites is 1. The zero-order valence-electron chi connectivity index (χ0n) is 15.0. The predicted molar refractivity (Wildman–Crippen MR) is 102 cm³/mol. The van der Waals surface area contributed by atoms with Crippen molar-refractivity contribution < 1.29 is 9.90 Å². The molecular weight excluding hydrogens is 316 g/mol. The number of carbonyl (C=O) groups is 1. The van der Waals surface area contributed by atoms with Crippen LogP contribution in [-0.4, -0.2) is 49.3 Å². The van der Waals surface area contributed by atoms with Gasteiger partial charge in [-0.25, -0.2) is 4.98 Å². The van der Waals surface area contributed by atoms with Crippen molar-refractivity contribution in [3.05, 3.63) is 48.7 Å². The SMILES string of the molecule is CC(CC(=O)N(C)c1ccccc1)Nc1ccc(N(C)CCO)cn1. The molecule has 1 aromatic heterocycles. The van der Waals surface area contributed by atoms with E-state index in [9.17, 15) is 4.79 Å². The van der Waals surface area contributed by atoms with Crippen molar-refractivity contribution in [2.45, 2.75) is 19.4 Å². The van der Waals surface area contributed by atoms with E-state index in [1.54, 1.807) is 18.1 Å². The van der Waals surface area contributed by atoms with Crippen LogP contribution in [0.2, 0.25) is 0 Å². The lowest BCUT2D eigenvalue weighted by molar-refractivity contribution is -0.118. The highest BCUT2D eigenvalue weighted by Crippen LogP contribution is 2.16. The fraction of sp³-hybridized carbons (Fsp3) is 0.368. The number of likely N-dealkylation sites (N-methyl/N-ethyl adjacent to an activating group) is 1. The van der Waals surface area contributed by atoms with E-state index in [1.165, 1.54) is 0 Å². The average molecular weight is 342 g/mol. The third-order valence-corrected chi connectivity index (χ3v) is 4.02. The van der Waals surface area contributed by atoms with Gasteiger partial charge in [0.1, 0.15) is 5.82 Å². The number of pyridine rings is 1. The molecule has 0 radical (unpaired) electrons. The molecule has 2 aromatic rings. The summed E-state index contributed by atoms with van der Waals surface area (Å²) < 4.78 is 0. The van der Waals surface area contributed by atoms with Crippen molar-refractivity contribution in [2.75, 3.05) is 42.4 Å². The first-order valence-corrected chi connectivity index (χ1v) is 8.37. The van der Waals surface area contributed by atoms with Gasteiger partial charge < -0.3 is 20.2 Å². The molecule has 1 atom stereocenters. The Bertz CT molecular complexity index is 661. The van der Waals surface area contributed by atoms with Crippen LogP contribution in [0.15, 0.2) is 48.7 Å². The van der Waals surface area contributed by atoms with Crippen molar-refractivity contribution in [1.29, 1.82) is 0 Å². The molecular formula is C19H26N4O2. The summed E-state index contributed by atoms with van der Waals surface area (Å²) in [5.74, 6) is 0.773. The molecule has 1 aromatic carbocycles. The van der Waals surface area contributed by atoms with Gasteiger partial charge >= 0.3 is 0 Å². The molecule has 0 aliphatic heterocycles. The van der Waals surface area contributed by atoms with Crippen molar-refractivity contribution in [1.82, 2.24) is 4.98 Å². The molecule has 6 nitrogen and oxygen atoms in total. The van der Waals surface area contributed by atoms with Gasteiger partial charge in [0.25, 0.3) is 0 Å². The summed E-state index contributed by atoms with van der Waals surface area (Å²) in [4.78, 5) is 20.4. The molecule has 0 bridgehead atoms. The van der Waals surface area contributed by atoms with Crippen LogP contribution in [0.25, 0.3) is 0 Å². The lowest BCUT2D eigenvalue weighted by atomic mass is 10.2. The van der Waals surface area contributed by atoms with E-state index in [0.29, 0.717) is 13.0 Å². The summed E-state index contributed by atoms with van der Waals surface area (Å²) in [5, 5.41) is 12.2. The normalized spacial score (nSPS) is 11.7. The van der Waals surface area contributed by atoms with Crippen molar-refractivity contribution >= 4 is 23.1 Å². The van der Waals surface area contributed by atoms with Gasteiger partial charge in [-0.1, -0.05) is 18.2 Å². The Morgan fingerprint density at radius 2 is 1.88 bits per heavy atom. The molecule has 0 aliphatic carbocycles. The Morgan fingerprint density at radius 3 is 2.48 bits per heavy atom. The minimum absolute atomic E-state index is 0.0350. The van der Waals surface area contributed by atoms with Gasteiger partial charge in [-0.15, -0.1) is 0 Å². The van der Waals surface area contributed by atoms with E-state index < -0.39 is 0 Å². The van der Waals surface area contributed by atoms with E-state index in [1.807, 2.05) is 61.3 Å². The van der Waals surface area contributed by atoms with E-state index in [-0.39, 0.29) is 18.6 Å². The maximum Gasteiger partial charge on any atom is 0.228 e. The third-order valence-electron chi connectivity index (χ3n) is 4.02. The number of rotatable bonds is 8. The smallest absolute Gasteiger partial charge is 0.228 e. The molecule has 134 valence electrons. The number of aliphatic hydroxyl groups is 1. The third kappa shape index (κ3) is 5.46. The second-order valence-corrected chi connectivity index (χ2v) is 6.08. The first-order chi connectivity index (χ1) is 12.0. The minimum atomic E-state index is -0.0350. The number of hydrogen-bond acceptors (Lipinski definition) is 5. The monoisotopic (exact) mass is 342 g/mol. The average Bonchev–Trinajstić information content (AvgIpc) is 2.62. The molecule has 2 rings (SSSR count). The predicted octanol–water partition coefficient (Wildman–Crippen LogP) is 2.36. The Balaban J connectivity index is 1.89. The number of nitrogens with one attached hydrogen (secondary N) is 1. The van der Waals surface area contributed by atoms with Crippen LogP contribution in [0, 0.1) is 0 Å². The topological polar surface area (TPSA) is 68.7 Å².